The molecule has 0 saturated carbocycles. The summed E-state index contributed by atoms with van der Waals surface area (Å²) in [5.41, 5.74) is 5.54. The van der Waals surface area contributed by atoms with Crippen LogP contribution in [0.25, 0.3) is 0 Å². The molecule has 1 unspecified atom stereocenters. The fourth-order valence-electron chi connectivity index (χ4n) is 1.80. The van der Waals surface area contributed by atoms with E-state index in [4.69, 9.17) is 5.73 Å². The van der Waals surface area contributed by atoms with Gasteiger partial charge in [0.25, 0.3) is 0 Å². The van der Waals surface area contributed by atoms with Crippen LogP contribution in [0.1, 0.15) is 27.2 Å². The lowest BCUT2D eigenvalue weighted by Crippen LogP contribution is -2.38. The van der Waals surface area contributed by atoms with Gasteiger partial charge in [0.2, 0.25) is 10.0 Å². The summed E-state index contributed by atoms with van der Waals surface area (Å²) in [5.74, 6) is -0.543. The van der Waals surface area contributed by atoms with Gasteiger partial charge in [0.1, 0.15) is 10.7 Å². The minimum atomic E-state index is -3.67. The average Bonchev–Trinajstić information content (AvgIpc) is 2.28. The van der Waals surface area contributed by atoms with Gasteiger partial charge in [-0.25, -0.2) is 12.8 Å². The molecular weight excluding hydrogens is 255 g/mol. The van der Waals surface area contributed by atoms with E-state index in [1.165, 1.54) is 10.4 Å². The molecule has 1 aromatic rings. The monoisotopic (exact) mass is 274 g/mol. The number of halogens is 1. The van der Waals surface area contributed by atoms with Crippen molar-refractivity contribution >= 4 is 15.7 Å². The number of sulfonamides is 1. The highest BCUT2D eigenvalue weighted by Gasteiger charge is 2.28. The van der Waals surface area contributed by atoms with E-state index in [2.05, 4.69) is 0 Å². The molecule has 2 N–H and O–H groups in total. The van der Waals surface area contributed by atoms with Crippen molar-refractivity contribution in [1.29, 1.82) is 0 Å². The van der Waals surface area contributed by atoms with Gasteiger partial charge in [-0.15, -0.1) is 0 Å². The van der Waals surface area contributed by atoms with Gasteiger partial charge in [-0.2, -0.15) is 4.31 Å². The lowest BCUT2D eigenvalue weighted by molar-refractivity contribution is 0.342. The fourth-order valence-corrected chi connectivity index (χ4v) is 3.61. The van der Waals surface area contributed by atoms with Gasteiger partial charge >= 0.3 is 0 Å². The molecule has 1 atom stereocenters. The number of rotatable bonds is 5. The molecule has 0 aromatic heterocycles. The molecule has 4 nitrogen and oxygen atoms in total. The normalized spacial score (nSPS) is 13.8. The standard InChI is InChI=1S/C12H19FN2O2S/c1-4-9(3)15(5-2)18(16,17)12-7-6-10(13)8-11(12)14/h6-9H,4-5,14H2,1-3H3. The van der Waals surface area contributed by atoms with Crippen molar-refractivity contribution in [2.45, 2.75) is 38.1 Å². The second-order valence-corrected chi connectivity index (χ2v) is 6.01. The summed E-state index contributed by atoms with van der Waals surface area (Å²) in [4.78, 5) is -0.0361. The quantitative estimate of drug-likeness (QED) is 0.837. The summed E-state index contributed by atoms with van der Waals surface area (Å²) >= 11 is 0. The summed E-state index contributed by atoms with van der Waals surface area (Å²) in [5, 5.41) is 0. The van der Waals surface area contributed by atoms with E-state index in [0.29, 0.717) is 13.0 Å². The molecule has 0 saturated heterocycles. The zero-order valence-electron chi connectivity index (χ0n) is 10.9. The molecular formula is C12H19FN2O2S. The minimum Gasteiger partial charge on any atom is -0.398 e. The number of nitrogens with two attached hydrogens (primary N) is 1. The second-order valence-electron chi connectivity index (χ2n) is 4.15. The molecule has 0 aliphatic rings. The number of hydrogen-bond acceptors (Lipinski definition) is 3. The molecule has 0 heterocycles. The van der Waals surface area contributed by atoms with E-state index in [0.717, 1.165) is 12.1 Å². The molecule has 0 fully saturated rings. The highest BCUT2D eigenvalue weighted by molar-refractivity contribution is 7.89. The van der Waals surface area contributed by atoms with E-state index in [9.17, 15) is 12.8 Å². The molecule has 6 heteroatoms. The van der Waals surface area contributed by atoms with Crippen LogP contribution >= 0.6 is 0 Å². The van der Waals surface area contributed by atoms with Gasteiger partial charge in [0, 0.05) is 12.6 Å². The van der Waals surface area contributed by atoms with Gasteiger partial charge in [0.15, 0.2) is 0 Å². The Kier molecular flexibility index (Phi) is 4.70. The minimum absolute atomic E-state index is 0.0361. The summed E-state index contributed by atoms with van der Waals surface area (Å²) < 4.78 is 39.2. The summed E-state index contributed by atoms with van der Waals surface area (Å²) in [7, 11) is -3.67. The third kappa shape index (κ3) is 2.81. The van der Waals surface area contributed by atoms with Crippen molar-refractivity contribution in [3.8, 4) is 0 Å². The lowest BCUT2D eigenvalue weighted by atomic mass is 10.3. The molecule has 0 amide bonds. The van der Waals surface area contributed by atoms with Crippen LogP contribution in [0, 0.1) is 5.82 Å². The fraction of sp³-hybridized carbons (Fsp3) is 0.500. The van der Waals surface area contributed by atoms with Crippen LogP contribution in [0.15, 0.2) is 23.1 Å². The maximum Gasteiger partial charge on any atom is 0.245 e. The molecule has 1 aromatic carbocycles. The van der Waals surface area contributed by atoms with Crippen LogP contribution in [0.4, 0.5) is 10.1 Å². The van der Waals surface area contributed by atoms with Crippen LogP contribution in [0.3, 0.4) is 0 Å². The predicted molar refractivity (Wildman–Crippen MR) is 70.1 cm³/mol. The van der Waals surface area contributed by atoms with Gasteiger partial charge in [0.05, 0.1) is 5.69 Å². The molecule has 18 heavy (non-hydrogen) atoms. The van der Waals surface area contributed by atoms with Crippen molar-refractivity contribution < 1.29 is 12.8 Å². The highest BCUT2D eigenvalue weighted by Crippen LogP contribution is 2.25. The van der Waals surface area contributed by atoms with Crippen LogP contribution in [-0.4, -0.2) is 25.3 Å². The van der Waals surface area contributed by atoms with E-state index >= 15 is 0 Å². The molecule has 102 valence electrons. The van der Waals surface area contributed by atoms with Crippen LogP contribution < -0.4 is 5.73 Å². The van der Waals surface area contributed by atoms with Crippen LogP contribution in [0.2, 0.25) is 0 Å². The van der Waals surface area contributed by atoms with Crippen LogP contribution in [-0.2, 0) is 10.0 Å². The van der Waals surface area contributed by atoms with Gasteiger partial charge in [-0.1, -0.05) is 13.8 Å². The Balaban J connectivity index is 3.27. The van der Waals surface area contributed by atoms with Crippen LogP contribution in [0.5, 0.6) is 0 Å². The van der Waals surface area contributed by atoms with Gasteiger partial charge in [-0.05, 0) is 31.5 Å². The molecule has 0 aliphatic carbocycles. The number of nitrogens with zero attached hydrogens (tertiary/aromatic N) is 1. The molecule has 0 radical (unpaired) electrons. The van der Waals surface area contributed by atoms with Crippen molar-refractivity contribution in [1.82, 2.24) is 4.31 Å². The Hall–Kier alpha value is -1.14. The van der Waals surface area contributed by atoms with Gasteiger partial charge < -0.3 is 5.73 Å². The number of benzene rings is 1. The first kappa shape index (κ1) is 14.9. The van der Waals surface area contributed by atoms with Crippen molar-refractivity contribution in [2.24, 2.45) is 0 Å². The van der Waals surface area contributed by atoms with E-state index in [-0.39, 0.29) is 16.6 Å². The largest absolute Gasteiger partial charge is 0.398 e. The second kappa shape index (κ2) is 5.67. The SMILES string of the molecule is CCC(C)N(CC)S(=O)(=O)c1ccc(F)cc1N. The number of nitrogen functional groups attached to an aromatic ring is 1. The maximum atomic E-state index is 13.0. The molecule has 0 spiro atoms. The maximum absolute atomic E-state index is 13.0. The Morgan fingerprint density at radius 1 is 1.39 bits per heavy atom. The Labute approximate surface area is 108 Å². The van der Waals surface area contributed by atoms with Gasteiger partial charge in [-0.3, -0.25) is 0 Å². The van der Waals surface area contributed by atoms with Crippen molar-refractivity contribution in [3.63, 3.8) is 0 Å². The van der Waals surface area contributed by atoms with E-state index in [1.807, 2.05) is 13.8 Å². The zero-order chi connectivity index (χ0) is 13.9. The summed E-state index contributed by atoms with van der Waals surface area (Å²) in [6.07, 6.45) is 0.703. The average molecular weight is 274 g/mol. The topological polar surface area (TPSA) is 63.4 Å². The first-order valence-corrected chi connectivity index (χ1v) is 7.35. The molecule has 0 aliphatic heterocycles. The Morgan fingerprint density at radius 2 is 2.00 bits per heavy atom. The first-order chi connectivity index (χ1) is 8.34. The molecule has 0 bridgehead atoms. The third-order valence-corrected chi connectivity index (χ3v) is 5.12. The summed E-state index contributed by atoms with van der Waals surface area (Å²) in [6.45, 7) is 5.87. The molecule has 1 rings (SSSR count). The summed E-state index contributed by atoms with van der Waals surface area (Å²) in [6, 6.07) is 3.22. The van der Waals surface area contributed by atoms with Crippen molar-refractivity contribution in [3.05, 3.63) is 24.0 Å². The number of anilines is 1. The lowest BCUT2D eigenvalue weighted by Gasteiger charge is -2.26. The van der Waals surface area contributed by atoms with E-state index < -0.39 is 15.8 Å². The van der Waals surface area contributed by atoms with E-state index in [1.54, 1.807) is 6.92 Å². The Morgan fingerprint density at radius 3 is 2.44 bits per heavy atom. The first-order valence-electron chi connectivity index (χ1n) is 5.91. The smallest absolute Gasteiger partial charge is 0.245 e. The number of hydrogen-bond donors (Lipinski definition) is 1. The highest BCUT2D eigenvalue weighted by atomic mass is 32.2. The zero-order valence-corrected chi connectivity index (χ0v) is 11.7. The Bertz CT molecular complexity index is 517. The van der Waals surface area contributed by atoms with Crippen molar-refractivity contribution in [2.75, 3.05) is 12.3 Å². The predicted octanol–water partition coefficient (Wildman–Crippen LogP) is 2.22. The third-order valence-electron chi connectivity index (χ3n) is 2.95.